The highest BCUT2D eigenvalue weighted by molar-refractivity contribution is 5.77. The minimum absolute atomic E-state index is 0.0295. The van der Waals surface area contributed by atoms with E-state index in [0.29, 0.717) is 24.3 Å². The van der Waals surface area contributed by atoms with Gasteiger partial charge < -0.3 is 14.8 Å². The molecule has 1 amide bonds. The molecule has 7 nitrogen and oxygen atoms in total. The van der Waals surface area contributed by atoms with Crippen molar-refractivity contribution < 1.29 is 19.2 Å². The summed E-state index contributed by atoms with van der Waals surface area (Å²) in [6.45, 7) is 3.81. The number of nitrogens with one attached hydrogen (secondary N) is 1. The molecule has 0 fully saturated rings. The third kappa shape index (κ3) is 5.34. The Morgan fingerprint density at radius 1 is 1.27 bits per heavy atom. The SMILES string of the molecule is C=CCc1cc([N+](=O)[O-])ccc1OCC(=O)NCc1ccc(OC)cc1. The first-order valence-electron chi connectivity index (χ1n) is 7.94. The number of non-ortho nitro benzene ring substituents is 1. The van der Waals surface area contributed by atoms with Crippen LogP contribution in [-0.4, -0.2) is 24.5 Å². The summed E-state index contributed by atoms with van der Waals surface area (Å²) < 4.78 is 10.6. The minimum atomic E-state index is -0.474. The molecule has 2 rings (SSSR count). The molecule has 0 spiro atoms. The first kappa shape index (κ1) is 19.0. The number of hydrogen-bond acceptors (Lipinski definition) is 5. The van der Waals surface area contributed by atoms with Crippen LogP contribution in [0.5, 0.6) is 11.5 Å². The van der Waals surface area contributed by atoms with Gasteiger partial charge in [-0.1, -0.05) is 18.2 Å². The molecular formula is C19H20N2O5. The van der Waals surface area contributed by atoms with Gasteiger partial charge in [0.2, 0.25) is 0 Å². The van der Waals surface area contributed by atoms with Crippen molar-refractivity contribution >= 4 is 11.6 Å². The van der Waals surface area contributed by atoms with Gasteiger partial charge in [-0.2, -0.15) is 0 Å². The van der Waals surface area contributed by atoms with Gasteiger partial charge in [0.25, 0.3) is 11.6 Å². The summed E-state index contributed by atoms with van der Waals surface area (Å²) in [5.41, 5.74) is 1.51. The summed E-state index contributed by atoms with van der Waals surface area (Å²) in [6, 6.07) is 11.6. The van der Waals surface area contributed by atoms with E-state index in [0.717, 1.165) is 11.3 Å². The van der Waals surface area contributed by atoms with Crippen molar-refractivity contribution in [1.82, 2.24) is 5.32 Å². The molecule has 2 aromatic carbocycles. The van der Waals surface area contributed by atoms with Crippen LogP contribution >= 0.6 is 0 Å². The lowest BCUT2D eigenvalue weighted by molar-refractivity contribution is -0.384. The standard InChI is InChI=1S/C19H20N2O5/c1-3-4-15-11-16(21(23)24)7-10-18(15)26-13-19(22)20-12-14-5-8-17(25-2)9-6-14/h3,5-11H,1,4,12-13H2,2H3,(H,20,22). The van der Waals surface area contributed by atoms with Crippen LogP contribution < -0.4 is 14.8 Å². The summed E-state index contributed by atoms with van der Waals surface area (Å²) in [6.07, 6.45) is 2.03. The van der Waals surface area contributed by atoms with E-state index in [1.54, 1.807) is 13.2 Å². The van der Waals surface area contributed by atoms with Crippen LogP contribution in [0.4, 0.5) is 5.69 Å². The quantitative estimate of drug-likeness (QED) is 0.424. The van der Waals surface area contributed by atoms with Crippen LogP contribution in [0.1, 0.15) is 11.1 Å². The molecule has 136 valence electrons. The molecule has 0 saturated heterocycles. The molecule has 1 N–H and O–H groups in total. The predicted molar refractivity (Wildman–Crippen MR) is 97.3 cm³/mol. The first-order chi connectivity index (χ1) is 12.5. The summed E-state index contributed by atoms with van der Waals surface area (Å²) in [4.78, 5) is 22.4. The second-order valence-corrected chi connectivity index (χ2v) is 5.46. The number of benzene rings is 2. The van der Waals surface area contributed by atoms with Crippen LogP contribution in [-0.2, 0) is 17.8 Å². The zero-order chi connectivity index (χ0) is 18.9. The highest BCUT2D eigenvalue weighted by Crippen LogP contribution is 2.25. The van der Waals surface area contributed by atoms with Gasteiger partial charge in [0.05, 0.1) is 12.0 Å². The molecule has 0 aromatic heterocycles. The van der Waals surface area contributed by atoms with Gasteiger partial charge in [0.1, 0.15) is 11.5 Å². The van der Waals surface area contributed by atoms with Gasteiger partial charge in [-0.15, -0.1) is 6.58 Å². The Hall–Kier alpha value is -3.35. The second-order valence-electron chi connectivity index (χ2n) is 5.46. The monoisotopic (exact) mass is 356 g/mol. The van der Waals surface area contributed by atoms with Crippen molar-refractivity contribution in [2.75, 3.05) is 13.7 Å². The number of allylic oxidation sites excluding steroid dienone is 1. The van der Waals surface area contributed by atoms with Crippen LogP contribution in [0.3, 0.4) is 0 Å². The summed E-state index contributed by atoms with van der Waals surface area (Å²) in [5, 5.41) is 13.6. The Morgan fingerprint density at radius 3 is 2.62 bits per heavy atom. The zero-order valence-electron chi connectivity index (χ0n) is 14.4. The molecule has 0 aliphatic carbocycles. The summed E-state index contributed by atoms with van der Waals surface area (Å²) in [7, 11) is 1.59. The number of carbonyl (C=O) groups excluding carboxylic acids is 1. The lowest BCUT2D eigenvalue weighted by atomic mass is 10.1. The minimum Gasteiger partial charge on any atom is -0.497 e. The van der Waals surface area contributed by atoms with Gasteiger partial charge in [0.15, 0.2) is 6.61 Å². The molecule has 0 saturated carbocycles. The molecule has 0 bridgehead atoms. The van der Waals surface area contributed by atoms with Gasteiger partial charge in [-0.3, -0.25) is 14.9 Å². The van der Waals surface area contributed by atoms with Crippen molar-refractivity contribution in [3.63, 3.8) is 0 Å². The molecule has 26 heavy (non-hydrogen) atoms. The topological polar surface area (TPSA) is 90.7 Å². The van der Waals surface area contributed by atoms with E-state index in [1.807, 2.05) is 24.3 Å². The number of nitro groups is 1. The van der Waals surface area contributed by atoms with E-state index < -0.39 is 4.92 Å². The van der Waals surface area contributed by atoms with Crippen LogP contribution in [0, 0.1) is 10.1 Å². The number of ether oxygens (including phenoxy) is 2. The lowest BCUT2D eigenvalue weighted by Crippen LogP contribution is -2.28. The molecule has 0 atom stereocenters. The Morgan fingerprint density at radius 2 is 2.00 bits per heavy atom. The first-order valence-corrected chi connectivity index (χ1v) is 7.94. The number of methoxy groups -OCH3 is 1. The maximum atomic E-state index is 12.0. The van der Waals surface area contributed by atoms with Gasteiger partial charge in [-0.25, -0.2) is 0 Å². The van der Waals surface area contributed by atoms with E-state index in [1.165, 1.54) is 18.2 Å². The van der Waals surface area contributed by atoms with Crippen LogP contribution in [0.25, 0.3) is 0 Å². The van der Waals surface area contributed by atoms with Crippen LogP contribution in [0.2, 0.25) is 0 Å². The Bertz CT molecular complexity index is 787. The maximum absolute atomic E-state index is 12.0. The lowest BCUT2D eigenvalue weighted by Gasteiger charge is -2.11. The summed E-state index contributed by atoms with van der Waals surface area (Å²) in [5.74, 6) is 0.884. The molecular weight excluding hydrogens is 336 g/mol. The summed E-state index contributed by atoms with van der Waals surface area (Å²) >= 11 is 0. The van der Waals surface area contributed by atoms with Gasteiger partial charge >= 0.3 is 0 Å². The molecule has 7 heteroatoms. The van der Waals surface area contributed by atoms with Crippen molar-refractivity contribution in [3.8, 4) is 11.5 Å². The average molecular weight is 356 g/mol. The number of rotatable bonds is 9. The number of hydrogen-bond donors (Lipinski definition) is 1. The second kappa shape index (κ2) is 9.22. The van der Waals surface area contributed by atoms with Crippen molar-refractivity contribution in [1.29, 1.82) is 0 Å². The largest absolute Gasteiger partial charge is 0.497 e. The smallest absolute Gasteiger partial charge is 0.269 e. The fourth-order valence-electron chi connectivity index (χ4n) is 2.27. The van der Waals surface area contributed by atoms with Crippen molar-refractivity contribution in [3.05, 3.63) is 76.4 Å². The Kier molecular flexibility index (Phi) is 6.73. The highest BCUT2D eigenvalue weighted by Gasteiger charge is 2.12. The van der Waals surface area contributed by atoms with Gasteiger partial charge in [-0.05, 0) is 30.2 Å². The third-order valence-corrected chi connectivity index (χ3v) is 3.63. The third-order valence-electron chi connectivity index (χ3n) is 3.63. The fraction of sp³-hybridized carbons (Fsp3) is 0.211. The normalized spacial score (nSPS) is 10.0. The fourth-order valence-corrected chi connectivity index (χ4v) is 2.27. The number of nitro benzene ring substituents is 1. The maximum Gasteiger partial charge on any atom is 0.269 e. The van der Waals surface area contributed by atoms with E-state index in [4.69, 9.17) is 9.47 Å². The number of nitrogens with zero attached hydrogens (tertiary/aromatic N) is 1. The molecule has 0 aliphatic heterocycles. The predicted octanol–water partition coefficient (Wildman–Crippen LogP) is 3.03. The Labute approximate surface area is 151 Å². The van der Waals surface area contributed by atoms with E-state index >= 15 is 0 Å². The van der Waals surface area contributed by atoms with E-state index in [-0.39, 0.29) is 18.2 Å². The average Bonchev–Trinajstić information content (AvgIpc) is 2.65. The molecule has 2 aromatic rings. The number of amides is 1. The number of carbonyl (C=O) groups is 1. The van der Waals surface area contributed by atoms with E-state index in [2.05, 4.69) is 11.9 Å². The van der Waals surface area contributed by atoms with E-state index in [9.17, 15) is 14.9 Å². The van der Waals surface area contributed by atoms with Crippen LogP contribution in [0.15, 0.2) is 55.1 Å². The highest BCUT2D eigenvalue weighted by atomic mass is 16.6. The van der Waals surface area contributed by atoms with Crippen molar-refractivity contribution in [2.45, 2.75) is 13.0 Å². The Balaban J connectivity index is 1.91. The zero-order valence-corrected chi connectivity index (χ0v) is 14.4. The molecule has 0 radical (unpaired) electrons. The van der Waals surface area contributed by atoms with Gasteiger partial charge in [0, 0.05) is 24.2 Å². The molecule has 0 unspecified atom stereocenters. The molecule has 0 heterocycles. The molecule has 0 aliphatic rings. The van der Waals surface area contributed by atoms with Crippen molar-refractivity contribution in [2.24, 2.45) is 0 Å².